The monoisotopic (exact) mass is 313 g/mol. The van der Waals surface area contributed by atoms with Gasteiger partial charge in [-0.1, -0.05) is 23.4 Å². The van der Waals surface area contributed by atoms with Crippen LogP contribution in [0.3, 0.4) is 0 Å². The van der Waals surface area contributed by atoms with E-state index >= 15 is 0 Å². The molecule has 0 aromatic heterocycles. The molecule has 1 aromatic carbocycles. The molecule has 20 heavy (non-hydrogen) atoms. The quantitative estimate of drug-likeness (QED) is 0.867. The lowest BCUT2D eigenvalue weighted by molar-refractivity contribution is 0.305. The standard InChI is InChI=1S/C14H16ClNO3S/c15-13-11-12(5-1-4-10-17)6-7-14(13)20(18,19)16-8-2-3-9-16/h6-7,11,17H,2-4,8-10H2. The maximum atomic E-state index is 12.4. The maximum absolute atomic E-state index is 12.4. The first-order valence-corrected chi connectivity index (χ1v) is 8.27. The number of aliphatic hydroxyl groups is 1. The fraction of sp³-hybridized carbons (Fsp3) is 0.429. The Kier molecular flexibility index (Phi) is 5.06. The summed E-state index contributed by atoms with van der Waals surface area (Å²) in [5.74, 6) is 5.61. The lowest BCUT2D eigenvalue weighted by atomic mass is 10.2. The van der Waals surface area contributed by atoms with E-state index in [-0.39, 0.29) is 16.5 Å². The highest BCUT2D eigenvalue weighted by molar-refractivity contribution is 7.89. The van der Waals surface area contributed by atoms with Crippen molar-refractivity contribution in [3.8, 4) is 11.8 Å². The molecular weight excluding hydrogens is 298 g/mol. The summed E-state index contributed by atoms with van der Waals surface area (Å²) in [4.78, 5) is 0.133. The Morgan fingerprint density at radius 3 is 2.60 bits per heavy atom. The number of rotatable bonds is 3. The van der Waals surface area contributed by atoms with E-state index in [2.05, 4.69) is 11.8 Å². The van der Waals surface area contributed by atoms with Crippen molar-refractivity contribution < 1.29 is 13.5 Å². The molecule has 0 atom stereocenters. The molecule has 2 rings (SSSR count). The first-order chi connectivity index (χ1) is 9.55. The molecule has 1 aromatic rings. The topological polar surface area (TPSA) is 57.6 Å². The molecule has 0 radical (unpaired) electrons. The number of hydrogen-bond acceptors (Lipinski definition) is 3. The van der Waals surface area contributed by atoms with E-state index in [0.717, 1.165) is 12.8 Å². The summed E-state index contributed by atoms with van der Waals surface area (Å²) >= 11 is 6.08. The van der Waals surface area contributed by atoms with Crippen molar-refractivity contribution in [3.05, 3.63) is 28.8 Å². The molecule has 4 nitrogen and oxygen atoms in total. The highest BCUT2D eigenvalue weighted by Gasteiger charge is 2.28. The first kappa shape index (κ1) is 15.3. The predicted octanol–water partition coefficient (Wildman–Crippen LogP) is 1.86. The summed E-state index contributed by atoms with van der Waals surface area (Å²) in [6, 6.07) is 4.69. The lowest BCUT2D eigenvalue weighted by Gasteiger charge is -2.16. The zero-order valence-electron chi connectivity index (χ0n) is 11.0. The molecule has 108 valence electrons. The highest BCUT2D eigenvalue weighted by atomic mass is 35.5. The number of hydrogen-bond donors (Lipinski definition) is 1. The van der Waals surface area contributed by atoms with Gasteiger partial charge in [-0.25, -0.2) is 8.42 Å². The lowest BCUT2D eigenvalue weighted by Crippen LogP contribution is -2.28. The first-order valence-electron chi connectivity index (χ1n) is 6.45. The maximum Gasteiger partial charge on any atom is 0.244 e. The predicted molar refractivity (Wildman–Crippen MR) is 78.0 cm³/mol. The van der Waals surface area contributed by atoms with Crippen molar-refractivity contribution in [2.24, 2.45) is 0 Å². The van der Waals surface area contributed by atoms with Crippen LogP contribution in [0, 0.1) is 11.8 Å². The van der Waals surface area contributed by atoms with E-state index in [1.165, 1.54) is 10.4 Å². The number of aliphatic hydroxyl groups excluding tert-OH is 1. The van der Waals surface area contributed by atoms with Crippen molar-refractivity contribution in [2.45, 2.75) is 24.2 Å². The van der Waals surface area contributed by atoms with Crippen LogP contribution in [0.4, 0.5) is 0 Å². The molecule has 1 heterocycles. The summed E-state index contributed by atoms with van der Waals surface area (Å²) in [6.45, 7) is 1.11. The fourth-order valence-electron chi connectivity index (χ4n) is 2.08. The SMILES string of the molecule is O=S(=O)(c1ccc(C#CCCO)cc1Cl)N1CCCC1. The fourth-order valence-corrected chi connectivity index (χ4v) is 4.11. The third-order valence-electron chi connectivity index (χ3n) is 3.08. The number of benzene rings is 1. The van der Waals surface area contributed by atoms with Crippen LogP contribution in [0.15, 0.2) is 23.1 Å². The van der Waals surface area contributed by atoms with Crippen LogP contribution in [-0.4, -0.2) is 37.5 Å². The van der Waals surface area contributed by atoms with Crippen LogP contribution in [0.25, 0.3) is 0 Å². The summed E-state index contributed by atoms with van der Waals surface area (Å²) < 4.78 is 26.3. The van der Waals surface area contributed by atoms with E-state index in [9.17, 15) is 8.42 Å². The molecule has 1 aliphatic rings. The molecule has 0 amide bonds. The Bertz CT molecular complexity index is 640. The van der Waals surface area contributed by atoms with Crippen molar-refractivity contribution in [1.82, 2.24) is 4.31 Å². The van der Waals surface area contributed by atoms with Crippen molar-refractivity contribution in [3.63, 3.8) is 0 Å². The van der Waals surface area contributed by atoms with Crippen molar-refractivity contribution in [2.75, 3.05) is 19.7 Å². The second-order valence-electron chi connectivity index (χ2n) is 4.53. The number of sulfonamides is 1. The molecule has 0 aliphatic carbocycles. The van der Waals surface area contributed by atoms with E-state index in [4.69, 9.17) is 16.7 Å². The highest BCUT2D eigenvalue weighted by Crippen LogP contribution is 2.27. The summed E-state index contributed by atoms with van der Waals surface area (Å²) in [5, 5.41) is 8.85. The minimum absolute atomic E-state index is 0.00214. The molecule has 1 aliphatic heterocycles. The second-order valence-corrected chi connectivity index (χ2v) is 6.85. The van der Waals surface area contributed by atoms with Crippen LogP contribution < -0.4 is 0 Å². The summed E-state index contributed by atoms with van der Waals surface area (Å²) in [6.07, 6.45) is 2.16. The minimum atomic E-state index is -3.50. The molecule has 1 saturated heterocycles. The van der Waals surface area contributed by atoms with Gasteiger partial charge in [-0.05, 0) is 31.0 Å². The molecule has 1 fully saturated rings. The third kappa shape index (κ3) is 3.33. The Morgan fingerprint density at radius 1 is 1.30 bits per heavy atom. The van der Waals surface area contributed by atoms with Crippen LogP contribution >= 0.6 is 11.6 Å². The van der Waals surface area contributed by atoms with E-state index in [1.807, 2.05) is 0 Å². The molecule has 1 N–H and O–H groups in total. The Labute approximate surface area is 124 Å². The van der Waals surface area contributed by atoms with Gasteiger partial charge < -0.3 is 5.11 Å². The molecule has 0 spiro atoms. The van der Waals surface area contributed by atoms with Gasteiger partial charge in [-0.15, -0.1) is 0 Å². The molecular formula is C14H16ClNO3S. The van der Waals surface area contributed by atoms with Crippen molar-refractivity contribution >= 4 is 21.6 Å². The van der Waals surface area contributed by atoms with Crippen LogP contribution in [0.2, 0.25) is 5.02 Å². The Morgan fingerprint density at radius 2 is 2.00 bits per heavy atom. The summed E-state index contributed by atoms with van der Waals surface area (Å²) in [5.41, 5.74) is 0.642. The van der Waals surface area contributed by atoms with Gasteiger partial charge in [0.1, 0.15) is 4.90 Å². The van der Waals surface area contributed by atoms with Gasteiger partial charge in [0, 0.05) is 25.1 Å². The van der Waals surface area contributed by atoms with E-state index in [0.29, 0.717) is 25.1 Å². The Balaban J connectivity index is 2.28. The van der Waals surface area contributed by atoms with Crippen LogP contribution in [0.5, 0.6) is 0 Å². The van der Waals surface area contributed by atoms with Crippen LogP contribution in [0.1, 0.15) is 24.8 Å². The largest absolute Gasteiger partial charge is 0.395 e. The van der Waals surface area contributed by atoms with Gasteiger partial charge in [-0.2, -0.15) is 4.31 Å². The zero-order chi connectivity index (χ0) is 14.6. The zero-order valence-corrected chi connectivity index (χ0v) is 12.5. The smallest absolute Gasteiger partial charge is 0.244 e. The molecule has 0 bridgehead atoms. The average Bonchev–Trinajstić information content (AvgIpc) is 2.93. The second kappa shape index (κ2) is 6.59. The van der Waals surface area contributed by atoms with Gasteiger partial charge in [0.15, 0.2) is 0 Å². The van der Waals surface area contributed by atoms with E-state index in [1.54, 1.807) is 12.1 Å². The van der Waals surface area contributed by atoms with Gasteiger partial charge >= 0.3 is 0 Å². The number of halogens is 1. The van der Waals surface area contributed by atoms with Gasteiger partial charge in [0.2, 0.25) is 10.0 Å². The normalized spacial score (nSPS) is 15.9. The molecule has 6 heteroatoms. The summed E-state index contributed by atoms with van der Waals surface area (Å²) in [7, 11) is -3.50. The number of nitrogens with zero attached hydrogens (tertiary/aromatic N) is 1. The van der Waals surface area contributed by atoms with Gasteiger partial charge in [0.25, 0.3) is 0 Å². The molecule has 0 saturated carbocycles. The van der Waals surface area contributed by atoms with Gasteiger partial charge in [-0.3, -0.25) is 0 Å². The third-order valence-corrected chi connectivity index (χ3v) is 5.47. The van der Waals surface area contributed by atoms with E-state index < -0.39 is 10.0 Å². The average molecular weight is 314 g/mol. The molecule has 0 unspecified atom stereocenters. The van der Waals surface area contributed by atoms with Crippen molar-refractivity contribution in [1.29, 1.82) is 0 Å². The van der Waals surface area contributed by atoms with Crippen LogP contribution in [-0.2, 0) is 10.0 Å². The van der Waals surface area contributed by atoms with Gasteiger partial charge in [0.05, 0.1) is 11.6 Å². The minimum Gasteiger partial charge on any atom is -0.395 e. The Hall–Kier alpha value is -1.06.